The summed E-state index contributed by atoms with van der Waals surface area (Å²) in [6.07, 6.45) is 8.48. The fraction of sp³-hybridized carbons (Fsp3) is 0.818. The second-order valence-corrected chi connectivity index (χ2v) is 3.10. The minimum atomic E-state index is 1.12. The minimum Gasteiger partial charge on any atom is -0.300 e. The highest BCUT2D eigenvalue weighted by atomic mass is 15.1. The molecule has 1 nitrogen and oxygen atoms in total. The smallest absolute Gasteiger partial charge is 0.0162 e. The van der Waals surface area contributed by atoms with E-state index in [1.165, 1.54) is 19.3 Å². The van der Waals surface area contributed by atoms with Crippen LogP contribution in [-0.4, -0.2) is 24.5 Å². The Kier molecular flexibility index (Phi) is 8.57. The predicted molar refractivity (Wildman–Crippen MR) is 56.5 cm³/mol. The van der Waals surface area contributed by atoms with Crippen LogP contribution in [0.2, 0.25) is 0 Å². The normalized spacial score (nSPS) is 11.7. The Balaban J connectivity index is 3.31. The van der Waals surface area contributed by atoms with Crippen LogP contribution in [0.5, 0.6) is 0 Å². The predicted octanol–water partition coefficient (Wildman–Crippen LogP) is 3.07. The zero-order chi connectivity index (χ0) is 9.23. The lowest BCUT2D eigenvalue weighted by molar-refractivity contribution is 0.337. The highest BCUT2D eigenvalue weighted by molar-refractivity contribution is 4.84. The van der Waals surface area contributed by atoms with Crippen LogP contribution in [0.15, 0.2) is 12.2 Å². The van der Waals surface area contributed by atoms with Gasteiger partial charge in [-0.1, -0.05) is 45.8 Å². The number of likely N-dealkylation sites (N-methyl/N-ethyl adjacent to an activating group) is 1. The zero-order valence-corrected chi connectivity index (χ0v) is 8.84. The SMILES string of the molecule is CCCC/C=C/CN(CC)CC. The molecule has 0 fully saturated rings. The quantitative estimate of drug-likeness (QED) is 0.418. The van der Waals surface area contributed by atoms with Gasteiger partial charge < -0.3 is 4.90 Å². The maximum absolute atomic E-state index is 2.42. The van der Waals surface area contributed by atoms with Crippen molar-refractivity contribution >= 4 is 0 Å². The molecular weight excluding hydrogens is 146 g/mol. The summed E-state index contributed by atoms with van der Waals surface area (Å²) in [7, 11) is 0. The van der Waals surface area contributed by atoms with E-state index in [0.717, 1.165) is 19.6 Å². The maximum Gasteiger partial charge on any atom is 0.0162 e. The van der Waals surface area contributed by atoms with Crippen molar-refractivity contribution < 1.29 is 0 Å². The summed E-state index contributed by atoms with van der Waals surface area (Å²) in [4.78, 5) is 2.42. The number of rotatable bonds is 7. The van der Waals surface area contributed by atoms with Crippen LogP contribution in [0.4, 0.5) is 0 Å². The van der Waals surface area contributed by atoms with E-state index in [-0.39, 0.29) is 0 Å². The monoisotopic (exact) mass is 169 g/mol. The second-order valence-electron chi connectivity index (χ2n) is 3.10. The third kappa shape index (κ3) is 6.41. The molecule has 0 bridgehead atoms. The first-order valence-corrected chi connectivity index (χ1v) is 5.22. The number of nitrogens with zero attached hydrogens (tertiary/aromatic N) is 1. The van der Waals surface area contributed by atoms with E-state index < -0.39 is 0 Å². The van der Waals surface area contributed by atoms with Crippen molar-refractivity contribution in [1.82, 2.24) is 4.90 Å². The first-order chi connectivity index (χ1) is 5.85. The van der Waals surface area contributed by atoms with Crippen molar-refractivity contribution in [3.8, 4) is 0 Å². The van der Waals surface area contributed by atoms with Crippen molar-refractivity contribution in [2.24, 2.45) is 0 Å². The molecular formula is C11H23N. The Bertz CT molecular complexity index is 104. The van der Waals surface area contributed by atoms with Gasteiger partial charge in [-0.2, -0.15) is 0 Å². The molecule has 0 aromatic rings. The van der Waals surface area contributed by atoms with E-state index in [0.29, 0.717) is 0 Å². The lowest BCUT2D eigenvalue weighted by atomic mass is 10.2. The molecule has 0 rings (SSSR count). The van der Waals surface area contributed by atoms with Crippen molar-refractivity contribution in [3.63, 3.8) is 0 Å². The molecule has 0 atom stereocenters. The van der Waals surface area contributed by atoms with E-state index in [2.05, 4.69) is 37.8 Å². The third-order valence-electron chi connectivity index (χ3n) is 2.15. The molecule has 0 N–H and O–H groups in total. The van der Waals surface area contributed by atoms with Crippen LogP contribution in [0.3, 0.4) is 0 Å². The van der Waals surface area contributed by atoms with E-state index in [4.69, 9.17) is 0 Å². The lowest BCUT2D eigenvalue weighted by Crippen LogP contribution is -2.22. The summed E-state index contributed by atoms with van der Waals surface area (Å²) in [5.41, 5.74) is 0. The Labute approximate surface area is 77.5 Å². The van der Waals surface area contributed by atoms with Gasteiger partial charge in [-0.3, -0.25) is 0 Å². The summed E-state index contributed by atoms with van der Waals surface area (Å²) in [6.45, 7) is 10.1. The van der Waals surface area contributed by atoms with Crippen molar-refractivity contribution in [3.05, 3.63) is 12.2 Å². The zero-order valence-electron chi connectivity index (χ0n) is 8.84. The van der Waals surface area contributed by atoms with Gasteiger partial charge in [0.2, 0.25) is 0 Å². The molecule has 0 aliphatic carbocycles. The minimum absolute atomic E-state index is 1.12. The molecule has 72 valence electrons. The number of unbranched alkanes of at least 4 members (excludes halogenated alkanes) is 2. The van der Waals surface area contributed by atoms with Crippen LogP contribution in [0.1, 0.15) is 40.0 Å². The lowest BCUT2D eigenvalue weighted by Gasteiger charge is -2.14. The molecule has 0 radical (unpaired) electrons. The summed E-state index contributed by atoms with van der Waals surface area (Å²) < 4.78 is 0. The average molecular weight is 169 g/mol. The van der Waals surface area contributed by atoms with Gasteiger partial charge in [-0.25, -0.2) is 0 Å². The molecule has 0 aliphatic rings. The van der Waals surface area contributed by atoms with Crippen molar-refractivity contribution in [2.45, 2.75) is 40.0 Å². The van der Waals surface area contributed by atoms with Gasteiger partial charge >= 0.3 is 0 Å². The topological polar surface area (TPSA) is 3.24 Å². The maximum atomic E-state index is 2.42. The first-order valence-electron chi connectivity index (χ1n) is 5.22. The molecule has 0 aromatic heterocycles. The molecule has 12 heavy (non-hydrogen) atoms. The molecule has 0 unspecified atom stereocenters. The van der Waals surface area contributed by atoms with E-state index >= 15 is 0 Å². The van der Waals surface area contributed by atoms with Gasteiger partial charge in [0.15, 0.2) is 0 Å². The molecule has 0 aromatic carbocycles. The molecule has 0 heterocycles. The van der Waals surface area contributed by atoms with Gasteiger partial charge in [0.05, 0.1) is 0 Å². The fourth-order valence-corrected chi connectivity index (χ4v) is 1.15. The number of allylic oxidation sites excluding steroid dienone is 1. The molecule has 0 saturated carbocycles. The Hall–Kier alpha value is -0.300. The van der Waals surface area contributed by atoms with Gasteiger partial charge in [0, 0.05) is 6.54 Å². The average Bonchev–Trinajstić information content (AvgIpc) is 2.11. The molecule has 0 saturated heterocycles. The summed E-state index contributed by atoms with van der Waals surface area (Å²) in [5, 5.41) is 0. The third-order valence-corrected chi connectivity index (χ3v) is 2.15. The van der Waals surface area contributed by atoms with Crippen LogP contribution in [0.25, 0.3) is 0 Å². The first kappa shape index (κ1) is 11.7. The molecule has 0 aliphatic heterocycles. The Morgan fingerprint density at radius 3 is 2.17 bits per heavy atom. The molecule has 0 amide bonds. The summed E-state index contributed by atoms with van der Waals surface area (Å²) in [6, 6.07) is 0. The highest BCUT2D eigenvalue weighted by Gasteiger charge is 1.92. The summed E-state index contributed by atoms with van der Waals surface area (Å²) in [5.74, 6) is 0. The van der Waals surface area contributed by atoms with Crippen LogP contribution in [-0.2, 0) is 0 Å². The summed E-state index contributed by atoms with van der Waals surface area (Å²) >= 11 is 0. The molecule has 0 spiro atoms. The van der Waals surface area contributed by atoms with E-state index in [1.54, 1.807) is 0 Å². The van der Waals surface area contributed by atoms with E-state index in [1.807, 2.05) is 0 Å². The van der Waals surface area contributed by atoms with Crippen molar-refractivity contribution in [1.29, 1.82) is 0 Å². The van der Waals surface area contributed by atoms with Gasteiger partial charge in [0.25, 0.3) is 0 Å². The number of hydrogen-bond acceptors (Lipinski definition) is 1. The Morgan fingerprint density at radius 1 is 1.00 bits per heavy atom. The van der Waals surface area contributed by atoms with Crippen LogP contribution in [0, 0.1) is 0 Å². The number of hydrogen-bond donors (Lipinski definition) is 0. The van der Waals surface area contributed by atoms with E-state index in [9.17, 15) is 0 Å². The van der Waals surface area contributed by atoms with Gasteiger partial charge in [0.1, 0.15) is 0 Å². The second kappa shape index (κ2) is 8.79. The van der Waals surface area contributed by atoms with Gasteiger partial charge in [-0.05, 0) is 19.5 Å². The molecule has 1 heteroatoms. The fourth-order valence-electron chi connectivity index (χ4n) is 1.15. The standard InChI is InChI=1S/C11H23N/c1-4-7-8-9-10-11-12(5-2)6-3/h9-10H,4-8,11H2,1-3H3/b10-9+. The van der Waals surface area contributed by atoms with Crippen LogP contribution < -0.4 is 0 Å². The van der Waals surface area contributed by atoms with Crippen molar-refractivity contribution in [2.75, 3.05) is 19.6 Å². The highest BCUT2D eigenvalue weighted by Crippen LogP contribution is 1.95. The largest absolute Gasteiger partial charge is 0.300 e. The van der Waals surface area contributed by atoms with Gasteiger partial charge in [-0.15, -0.1) is 0 Å². The van der Waals surface area contributed by atoms with Crippen LogP contribution >= 0.6 is 0 Å². The Morgan fingerprint density at radius 2 is 1.67 bits per heavy atom.